The van der Waals surface area contributed by atoms with E-state index in [2.05, 4.69) is 25.6 Å². The first-order chi connectivity index (χ1) is 12.3. The molecule has 1 aliphatic rings. The normalized spacial score (nSPS) is 16.6. The molecule has 1 aliphatic heterocycles. The number of aryl methyl sites for hydroxylation is 1. The Balaban J connectivity index is 1.75. The molecule has 1 fully saturated rings. The van der Waals surface area contributed by atoms with Crippen molar-refractivity contribution in [2.24, 2.45) is 0 Å². The van der Waals surface area contributed by atoms with E-state index >= 15 is 0 Å². The van der Waals surface area contributed by atoms with Crippen molar-refractivity contribution in [1.29, 1.82) is 0 Å². The van der Waals surface area contributed by atoms with Gasteiger partial charge in [0.05, 0.1) is 28.0 Å². The number of hydrogen-bond acceptors (Lipinski definition) is 8. The largest absolute Gasteiger partial charge is 0.365 e. The Morgan fingerprint density at radius 3 is 2.58 bits per heavy atom. The van der Waals surface area contributed by atoms with Crippen LogP contribution < -0.4 is 10.6 Å². The summed E-state index contributed by atoms with van der Waals surface area (Å²) < 4.78 is 24.7. The molecule has 2 aromatic rings. The van der Waals surface area contributed by atoms with E-state index in [0.29, 0.717) is 42.6 Å². The number of aromatic nitrogens is 3. The number of rotatable bonds is 5. The molecular formula is C15H21ClN6O2S2. The van der Waals surface area contributed by atoms with Gasteiger partial charge in [0, 0.05) is 26.2 Å². The van der Waals surface area contributed by atoms with Gasteiger partial charge >= 0.3 is 0 Å². The maximum absolute atomic E-state index is 11.6. The topological polar surface area (TPSA) is 100 Å². The Morgan fingerprint density at radius 1 is 1.31 bits per heavy atom. The monoisotopic (exact) mass is 416 g/mol. The van der Waals surface area contributed by atoms with Crippen molar-refractivity contribution in [2.75, 3.05) is 37.0 Å². The molecule has 0 amide bonds. The Kier molecular flexibility index (Phi) is 5.66. The zero-order valence-corrected chi connectivity index (χ0v) is 17.2. The lowest BCUT2D eigenvalue weighted by Crippen LogP contribution is -2.42. The highest BCUT2D eigenvalue weighted by Crippen LogP contribution is 2.35. The second kappa shape index (κ2) is 7.63. The lowest BCUT2D eigenvalue weighted by atomic mass is 10.1. The van der Waals surface area contributed by atoms with E-state index < -0.39 is 10.0 Å². The minimum Gasteiger partial charge on any atom is -0.365 e. The fourth-order valence-electron chi connectivity index (χ4n) is 2.83. The molecule has 8 nitrogen and oxygen atoms in total. The molecule has 11 heteroatoms. The molecule has 0 aliphatic carbocycles. The van der Waals surface area contributed by atoms with Crippen LogP contribution in [-0.4, -0.2) is 60.1 Å². The maximum atomic E-state index is 11.6. The van der Waals surface area contributed by atoms with Crippen LogP contribution in [0.1, 0.15) is 18.5 Å². The average molecular weight is 417 g/mol. The van der Waals surface area contributed by atoms with Gasteiger partial charge in [0.1, 0.15) is 5.69 Å². The molecule has 0 spiro atoms. The number of anilines is 2. The van der Waals surface area contributed by atoms with Crippen molar-refractivity contribution >= 4 is 44.0 Å². The highest BCUT2D eigenvalue weighted by Gasteiger charge is 2.25. The second-order valence-corrected chi connectivity index (χ2v) is 9.54. The quantitative estimate of drug-likeness (QED) is 0.771. The highest BCUT2D eigenvalue weighted by atomic mass is 35.5. The number of halogens is 1. The van der Waals surface area contributed by atoms with Gasteiger partial charge in [-0.3, -0.25) is 0 Å². The van der Waals surface area contributed by atoms with E-state index in [1.807, 2.05) is 14.0 Å². The summed E-state index contributed by atoms with van der Waals surface area (Å²) in [5.74, 6) is 0.487. The molecule has 3 heterocycles. The molecule has 0 radical (unpaired) electrons. The Bertz CT molecular complexity index is 894. The average Bonchev–Trinajstić information content (AvgIpc) is 2.97. The minimum absolute atomic E-state index is 0.123. The molecule has 2 aromatic heterocycles. The summed E-state index contributed by atoms with van der Waals surface area (Å²) in [5, 5.41) is 7.59. The van der Waals surface area contributed by atoms with E-state index in [1.54, 1.807) is 6.20 Å². The van der Waals surface area contributed by atoms with E-state index in [-0.39, 0.29) is 6.04 Å². The third kappa shape index (κ3) is 4.25. The van der Waals surface area contributed by atoms with Crippen molar-refractivity contribution in [3.63, 3.8) is 0 Å². The van der Waals surface area contributed by atoms with Crippen LogP contribution >= 0.6 is 22.9 Å². The van der Waals surface area contributed by atoms with E-state index in [9.17, 15) is 8.42 Å². The van der Waals surface area contributed by atoms with Gasteiger partial charge < -0.3 is 10.6 Å². The lowest BCUT2D eigenvalue weighted by molar-refractivity contribution is 0.331. The zero-order valence-electron chi connectivity index (χ0n) is 14.8. The standard InChI is InChI=1S/C15H21ClN6O2S2/c1-9-13(25-15(17-2)19-9)12-11(16)8-18-14(21-12)20-10-4-6-22(7-5-10)26(3,23)24/h8,10H,4-7H2,1-3H3,(H,17,19)(H,18,20,21). The van der Waals surface area contributed by atoms with Crippen LogP contribution in [0.25, 0.3) is 10.6 Å². The van der Waals surface area contributed by atoms with Gasteiger partial charge in [-0.1, -0.05) is 22.9 Å². The molecule has 26 heavy (non-hydrogen) atoms. The number of nitrogens with zero attached hydrogens (tertiary/aromatic N) is 4. The van der Waals surface area contributed by atoms with Crippen LogP contribution in [0.15, 0.2) is 6.20 Å². The van der Waals surface area contributed by atoms with Crippen molar-refractivity contribution in [2.45, 2.75) is 25.8 Å². The molecule has 0 bridgehead atoms. The van der Waals surface area contributed by atoms with Gasteiger partial charge in [-0.15, -0.1) is 0 Å². The Morgan fingerprint density at radius 2 is 2.00 bits per heavy atom. The SMILES string of the molecule is CNc1nc(C)c(-c2nc(NC3CCN(S(C)(=O)=O)CC3)ncc2Cl)s1. The zero-order chi connectivity index (χ0) is 18.9. The van der Waals surface area contributed by atoms with Crippen LogP contribution in [0.3, 0.4) is 0 Å². The number of piperidine rings is 1. The highest BCUT2D eigenvalue weighted by molar-refractivity contribution is 7.88. The van der Waals surface area contributed by atoms with Crippen LogP contribution in [0.2, 0.25) is 5.02 Å². The number of thiazole rings is 1. The molecular weight excluding hydrogens is 396 g/mol. The second-order valence-electron chi connectivity index (χ2n) is 6.15. The summed E-state index contributed by atoms with van der Waals surface area (Å²) in [6.07, 6.45) is 4.23. The van der Waals surface area contributed by atoms with Crippen molar-refractivity contribution in [1.82, 2.24) is 19.3 Å². The molecule has 142 valence electrons. The van der Waals surface area contributed by atoms with E-state index in [1.165, 1.54) is 21.9 Å². The smallest absolute Gasteiger partial charge is 0.223 e. The molecule has 2 N–H and O–H groups in total. The molecule has 0 aromatic carbocycles. The number of sulfonamides is 1. The van der Waals surface area contributed by atoms with Crippen LogP contribution in [0.5, 0.6) is 0 Å². The van der Waals surface area contributed by atoms with Gasteiger partial charge in [0.15, 0.2) is 5.13 Å². The van der Waals surface area contributed by atoms with Gasteiger partial charge in [0.2, 0.25) is 16.0 Å². The molecule has 0 unspecified atom stereocenters. The summed E-state index contributed by atoms with van der Waals surface area (Å²) in [4.78, 5) is 14.2. The summed E-state index contributed by atoms with van der Waals surface area (Å²) in [5.41, 5.74) is 1.50. The first-order valence-electron chi connectivity index (χ1n) is 8.17. The van der Waals surface area contributed by atoms with Gasteiger partial charge in [0.25, 0.3) is 0 Å². The predicted molar refractivity (Wildman–Crippen MR) is 105 cm³/mol. The predicted octanol–water partition coefficient (Wildman–Crippen LogP) is 2.44. The number of hydrogen-bond donors (Lipinski definition) is 2. The first kappa shape index (κ1) is 19.3. The Hall–Kier alpha value is -1.49. The molecule has 1 saturated heterocycles. The van der Waals surface area contributed by atoms with E-state index in [0.717, 1.165) is 15.7 Å². The van der Waals surface area contributed by atoms with Gasteiger partial charge in [-0.2, -0.15) is 0 Å². The summed E-state index contributed by atoms with van der Waals surface area (Å²) in [6.45, 7) is 2.91. The lowest BCUT2D eigenvalue weighted by Gasteiger charge is -2.30. The van der Waals surface area contributed by atoms with Crippen molar-refractivity contribution in [3.8, 4) is 10.6 Å². The van der Waals surface area contributed by atoms with Crippen LogP contribution in [0.4, 0.5) is 11.1 Å². The summed E-state index contributed by atoms with van der Waals surface area (Å²) in [6, 6.07) is 0.123. The van der Waals surface area contributed by atoms with Crippen LogP contribution in [-0.2, 0) is 10.0 Å². The van der Waals surface area contributed by atoms with Crippen molar-refractivity contribution in [3.05, 3.63) is 16.9 Å². The fraction of sp³-hybridized carbons (Fsp3) is 0.533. The van der Waals surface area contributed by atoms with Gasteiger partial charge in [-0.05, 0) is 19.8 Å². The van der Waals surface area contributed by atoms with Gasteiger partial charge in [-0.25, -0.2) is 27.7 Å². The fourth-order valence-corrected chi connectivity index (χ4v) is 4.87. The van der Waals surface area contributed by atoms with E-state index in [4.69, 9.17) is 11.6 Å². The first-order valence-corrected chi connectivity index (χ1v) is 11.2. The Labute approximate surface area is 162 Å². The van der Waals surface area contributed by atoms with Crippen LogP contribution in [0, 0.1) is 6.92 Å². The molecule has 0 saturated carbocycles. The minimum atomic E-state index is -3.13. The molecule has 3 rings (SSSR count). The third-order valence-electron chi connectivity index (χ3n) is 4.23. The summed E-state index contributed by atoms with van der Waals surface area (Å²) >= 11 is 7.79. The number of nitrogens with one attached hydrogen (secondary N) is 2. The third-order valence-corrected chi connectivity index (χ3v) is 6.99. The summed E-state index contributed by atoms with van der Waals surface area (Å²) in [7, 11) is -1.31. The van der Waals surface area contributed by atoms with Crippen molar-refractivity contribution < 1.29 is 8.42 Å². The molecule has 0 atom stereocenters. The maximum Gasteiger partial charge on any atom is 0.223 e.